The number of hydrogen-bond acceptors (Lipinski definition) is 5. The van der Waals surface area contributed by atoms with Crippen molar-refractivity contribution < 1.29 is 9.90 Å². The third-order valence-electron chi connectivity index (χ3n) is 2.98. The number of benzene rings is 1. The minimum absolute atomic E-state index is 0.0174. The molecule has 1 atom stereocenters. The highest BCUT2D eigenvalue weighted by molar-refractivity contribution is 5.88. The van der Waals surface area contributed by atoms with E-state index in [4.69, 9.17) is 5.11 Å². The molecule has 21 heavy (non-hydrogen) atoms. The van der Waals surface area contributed by atoms with Gasteiger partial charge in [0, 0.05) is 37.8 Å². The zero-order valence-corrected chi connectivity index (χ0v) is 11.8. The molecule has 0 fully saturated rings. The van der Waals surface area contributed by atoms with E-state index in [1.165, 1.54) is 0 Å². The Labute approximate surface area is 122 Å². The van der Waals surface area contributed by atoms with Gasteiger partial charge in [0.25, 0.3) is 0 Å². The van der Waals surface area contributed by atoms with Crippen LogP contribution in [0.15, 0.2) is 48.0 Å². The quantitative estimate of drug-likeness (QED) is 0.673. The zero-order valence-electron chi connectivity index (χ0n) is 11.8. The van der Waals surface area contributed by atoms with E-state index in [0.29, 0.717) is 5.69 Å². The van der Waals surface area contributed by atoms with E-state index in [1.807, 2.05) is 6.92 Å². The molecule has 0 spiro atoms. The first-order valence-electron chi connectivity index (χ1n) is 6.45. The number of hydrazone groups is 1. The van der Waals surface area contributed by atoms with Crippen molar-refractivity contribution >= 4 is 17.9 Å². The number of hydrogen-bond donors (Lipinski definition) is 1. The molecule has 0 saturated carbocycles. The largest absolute Gasteiger partial charge is 0.478 e. The smallest absolute Gasteiger partial charge is 0.335 e. The van der Waals surface area contributed by atoms with Gasteiger partial charge in [-0.2, -0.15) is 5.10 Å². The number of aromatic nitrogens is 2. The monoisotopic (exact) mass is 284 g/mol. The van der Waals surface area contributed by atoms with Crippen molar-refractivity contribution in [1.29, 1.82) is 0 Å². The van der Waals surface area contributed by atoms with Crippen LogP contribution in [0.5, 0.6) is 0 Å². The van der Waals surface area contributed by atoms with Crippen molar-refractivity contribution in [3.8, 4) is 0 Å². The van der Waals surface area contributed by atoms with Crippen LogP contribution in [0.1, 0.15) is 28.9 Å². The molecule has 0 amide bonds. The van der Waals surface area contributed by atoms with E-state index >= 15 is 0 Å². The van der Waals surface area contributed by atoms with Gasteiger partial charge in [-0.25, -0.2) is 4.79 Å². The first kappa shape index (κ1) is 14.6. The molecule has 0 aliphatic heterocycles. The van der Waals surface area contributed by atoms with Crippen LogP contribution in [0.3, 0.4) is 0 Å². The summed E-state index contributed by atoms with van der Waals surface area (Å²) < 4.78 is 0. The highest BCUT2D eigenvalue weighted by atomic mass is 16.4. The minimum Gasteiger partial charge on any atom is -0.478 e. The number of carbonyl (C=O) groups is 1. The Morgan fingerprint density at radius 2 is 2.24 bits per heavy atom. The Kier molecular flexibility index (Phi) is 4.61. The second-order valence-corrected chi connectivity index (χ2v) is 4.56. The molecule has 1 unspecified atom stereocenters. The Bertz CT molecular complexity index is 643. The number of rotatable bonds is 5. The fourth-order valence-corrected chi connectivity index (χ4v) is 1.73. The number of anilines is 1. The Hall–Kier alpha value is -2.76. The van der Waals surface area contributed by atoms with E-state index in [-0.39, 0.29) is 11.5 Å². The summed E-state index contributed by atoms with van der Waals surface area (Å²) in [4.78, 5) is 19.2. The van der Waals surface area contributed by atoms with Crippen molar-refractivity contribution in [2.45, 2.75) is 12.8 Å². The lowest BCUT2D eigenvalue weighted by Crippen LogP contribution is -2.11. The molecule has 1 heterocycles. The van der Waals surface area contributed by atoms with Gasteiger partial charge in [0.1, 0.15) is 0 Å². The van der Waals surface area contributed by atoms with E-state index < -0.39 is 5.97 Å². The van der Waals surface area contributed by atoms with Crippen LogP contribution < -0.4 is 5.01 Å². The van der Waals surface area contributed by atoms with Crippen molar-refractivity contribution in [2.75, 3.05) is 12.1 Å². The van der Waals surface area contributed by atoms with Crippen LogP contribution >= 0.6 is 0 Å². The average Bonchev–Trinajstić information content (AvgIpc) is 2.53. The van der Waals surface area contributed by atoms with E-state index in [2.05, 4.69) is 15.1 Å². The van der Waals surface area contributed by atoms with Crippen LogP contribution in [0.4, 0.5) is 5.69 Å². The van der Waals surface area contributed by atoms with E-state index in [1.54, 1.807) is 61.1 Å². The summed E-state index contributed by atoms with van der Waals surface area (Å²) >= 11 is 0. The van der Waals surface area contributed by atoms with Crippen LogP contribution in [0, 0.1) is 0 Å². The maximum absolute atomic E-state index is 11.0. The molecule has 2 aromatic rings. The summed E-state index contributed by atoms with van der Waals surface area (Å²) in [6.07, 6.45) is 6.70. The summed E-state index contributed by atoms with van der Waals surface area (Å²) in [5, 5.41) is 14.9. The first-order valence-corrected chi connectivity index (χ1v) is 6.45. The molecule has 1 aromatic heterocycles. The van der Waals surface area contributed by atoms with Crippen molar-refractivity contribution in [3.05, 3.63) is 54.1 Å². The summed E-state index contributed by atoms with van der Waals surface area (Å²) in [5.41, 5.74) is 1.77. The molecule has 1 aromatic carbocycles. The first-order chi connectivity index (χ1) is 10.1. The summed E-state index contributed by atoms with van der Waals surface area (Å²) in [7, 11) is 1.76. The van der Waals surface area contributed by atoms with Gasteiger partial charge in [0.2, 0.25) is 0 Å². The van der Waals surface area contributed by atoms with Crippen molar-refractivity contribution in [3.63, 3.8) is 0 Å². The van der Waals surface area contributed by atoms with Gasteiger partial charge in [-0.15, -0.1) is 0 Å². The number of carboxylic acids is 1. The zero-order chi connectivity index (χ0) is 15.2. The third-order valence-corrected chi connectivity index (χ3v) is 2.98. The molecule has 108 valence electrons. The maximum atomic E-state index is 11.0. The van der Waals surface area contributed by atoms with Crippen LogP contribution in [-0.2, 0) is 0 Å². The molecule has 0 radical (unpaired) electrons. The molecule has 0 aliphatic carbocycles. The van der Waals surface area contributed by atoms with Gasteiger partial charge in [0.05, 0.1) is 16.9 Å². The van der Waals surface area contributed by atoms with Gasteiger partial charge < -0.3 is 5.11 Å². The molecule has 6 heteroatoms. The standard InChI is InChI=1S/C15H16N4O2/c1-11(14-10-16-6-7-17-14)9-18-19(2)13-5-3-4-12(8-13)15(20)21/h3-11H,1-2H3,(H,20,21)/b18-9-. The van der Waals surface area contributed by atoms with E-state index in [9.17, 15) is 4.79 Å². The van der Waals surface area contributed by atoms with Crippen LogP contribution in [0.2, 0.25) is 0 Å². The lowest BCUT2D eigenvalue weighted by molar-refractivity contribution is 0.0697. The molecule has 0 bridgehead atoms. The molecule has 0 saturated heterocycles. The number of carboxylic acid groups (broad SMARTS) is 1. The lowest BCUT2D eigenvalue weighted by Gasteiger charge is -2.14. The maximum Gasteiger partial charge on any atom is 0.335 e. The van der Waals surface area contributed by atoms with Gasteiger partial charge in [0.15, 0.2) is 0 Å². The van der Waals surface area contributed by atoms with Crippen LogP contribution in [0.25, 0.3) is 0 Å². The molecular formula is C15H16N4O2. The Morgan fingerprint density at radius 3 is 2.90 bits per heavy atom. The highest BCUT2D eigenvalue weighted by Crippen LogP contribution is 2.16. The predicted octanol–water partition coefficient (Wildman–Crippen LogP) is 2.40. The lowest BCUT2D eigenvalue weighted by atomic mass is 10.1. The highest BCUT2D eigenvalue weighted by Gasteiger charge is 2.07. The molecule has 1 N–H and O–H groups in total. The Morgan fingerprint density at radius 1 is 1.43 bits per heavy atom. The predicted molar refractivity (Wildman–Crippen MR) is 80.7 cm³/mol. The summed E-state index contributed by atoms with van der Waals surface area (Å²) in [5.74, 6) is -0.939. The molecule has 2 rings (SSSR count). The van der Waals surface area contributed by atoms with Gasteiger partial charge in [-0.1, -0.05) is 13.0 Å². The van der Waals surface area contributed by atoms with Gasteiger partial charge in [-0.05, 0) is 18.2 Å². The molecule has 6 nitrogen and oxygen atoms in total. The number of aromatic carboxylic acids is 1. The summed E-state index contributed by atoms with van der Waals surface area (Å²) in [6, 6.07) is 6.62. The van der Waals surface area contributed by atoms with Crippen molar-refractivity contribution in [2.24, 2.45) is 5.10 Å². The molecular weight excluding hydrogens is 268 g/mol. The SMILES string of the molecule is CC(/C=N\N(C)c1cccc(C(=O)O)c1)c1cnccn1. The Balaban J connectivity index is 2.10. The number of nitrogens with zero attached hydrogens (tertiary/aromatic N) is 4. The third kappa shape index (κ3) is 3.85. The minimum atomic E-state index is -0.956. The fraction of sp³-hybridized carbons (Fsp3) is 0.200. The van der Waals surface area contributed by atoms with Crippen molar-refractivity contribution in [1.82, 2.24) is 9.97 Å². The topological polar surface area (TPSA) is 78.7 Å². The second kappa shape index (κ2) is 6.60. The molecule has 0 aliphatic rings. The summed E-state index contributed by atoms with van der Waals surface area (Å²) in [6.45, 7) is 1.97. The van der Waals surface area contributed by atoms with Gasteiger partial charge in [-0.3, -0.25) is 15.0 Å². The second-order valence-electron chi connectivity index (χ2n) is 4.56. The van der Waals surface area contributed by atoms with E-state index in [0.717, 1.165) is 5.69 Å². The fourth-order valence-electron chi connectivity index (χ4n) is 1.73. The van der Waals surface area contributed by atoms with Crippen LogP contribution in [-0.4, -0.2) is 34.3 Å². The average molecular weight is 284 g/mol. The van der Waals surface area contributed by atoms with Gasteiger partial charge >= 0.3 is 5.97 Å². The normalized spacial score (nSPS) is 12.3.